The van der Waals surface area contributed by atoms with Crippen LogP contribution in [0, 0.1) is 0 Å². The zero-order valence-electron chi connectivity index (χ0n) is 11.0. The van der Waals surface area contributed by atoms with E-state index in [1.807, 2.05) is 6.92 Å². The van der Waals surface area contributed by atoms with E-state index in [-0.39, 0.29) is 16.7 Å². The summed E-state index contributed by atoms with van der Waals surface area (Å²) in [7, 11) is -2.98. The van der Waals surface area contributed by atoms with Gasteiger partial charge >= 0.3 is 0 Å². The lowest BCUT2D eigenvalue weighted by atomic mass is 10.4. The maximum absolute atomic E-state index is 11.7. The van der Waals surface area contributed by atoms with E-state index >= 15 is 0 Å². The summed E-state index contributed by atoms with van der Waals surface area (Å²) in [6.45, 7) is 3.12. The Labute approximate surface area is 116 Å². The number of rotatable bonds is 8. The molecule has 19 heavy (non-hydrogen) atoms. The quantitative estimate of drug-likeness (QED) is 0.679. The highest BCUT2D eigenvalue weighted by Crippen LogP contribution is 2.14. The third kappa shape index (κ3) is 6.48. The topological polar surface area (TPSA) is 101 Å². The van der Waals surface area contributed by atoms with Crippen molar-refractivity contribution < 1.29 is 13.2 Å². The van der Waals surface area contributed by atoms with Crippen LogP contribution >= 0.6 is 11.3 Å². The van der Waals surface area contributed by atoms with Gasteiger partial charge in [0.25, 0.3) is 5.91 Å². The molecule has 1 aromatic rings. The molecule has 0 fully saturated rings. The molecule has 0 radical (unpaired) electrons. The predicted octanol–water partition coefficient (Wildman–Crippen LogP) is 0.524. The summed E-state index contributed by atoms with van der Waals surface area (Å²) >= 11 is 1.18. The van der Waals surface area contributed by atoms with E-state index < -0.39 is 9.84 Å². The zero-order valence-corrected chi connectivity index (χ0v) is 12.6. The average Bonchev–Trinajstić information content (AvgIpc) is 2.79. The molecule has 1 aromatic heterocycles. The second-order valence-electron chi connectivity index (χ2n) is 4.08. The first kappa shape index (κ1) is 15.8. The highest BCUT2D eigenvalue weighted by molar-refractivity contribution is 7.90. The van der Waals surface area contributed by atoms with Gasteiger partial charge in [-0.3, -0.25) is 4.79 Å². The second kappa shape index (κ2) is 7.39. The summed E-state index contributed by atoms with van der Waals surface area (Å²) in [6, 6.07) is 0. The molecular weight excluding hydrogens is 288 g/mol. The molecule has 1 amide bonds. The monoisotopic (exact) mass is 306 g/mol. The van der Waals surface area contributed by atoms with Gasteiger partial charge in [-0.15, -0.1) is 10.2 Å². The van der Waals surface area contributed by atoms with Crippen LogP contribution in [0.4, 0.5) is 5.13 Å². The van der Waals surface area contributed by atoms with E-state index in [4.69, 9.17) is 0 Å². The highest BCUT2D eigenvalue weighted by atomic mass is 32.2. The molecule has 0 spiro atoms. The maximum atomic E-state index is 11.7. The van der Waals surface area contributed by atoms with Crippen LogP contribution in [-0.4, -0.2) is 49.6 Å². The van der Waals surface area contributed by atoms with Crippen LogP contribution in [0.2, 0.25) is 0 Å². The van der Waals surface area contributed by atoms with E-state index in [9.17, 15) is 13.2 Å². The first-order valence-corrected chi connectivity index (χ1v) is 8.83. The first-order chi connectivity index (χ1) is 8.92. The van der Waals surface area contributed by atoms with E-state index in [1.54, 1.807) is 0 Å². The van der Waals surface area contributed by atoms with Gasteiger partial charge in [-0.25, -0.2) is 8.42 Å². The molecule has 0 aliphatic heterocycles. The van der Waals surface area contributed by atoms with Gasteiger partial charge in [0.05, 0.1) is 5.75 Å². The molecule has 0 bridgehead atoms. The number of nitrogens with one attached hydrogen (secondary N) is 2. The second-order valence-corrected chi connectivity index (χ2v) is 7.32. The van der Waals surface area contributed by atoms with Crippen LogP contribution in [0.5, 0.6) is 0 Å². The lowest BCUT2D eigenvalue weighted by Crippen LogP contribution is -2.25. The minimum Gasteiger partial charge on any atom is -0.360 e. The Balaban J connectivity index is 2.35. The fourth-order valence-corrected chi connectivity index (χ4v) is 2.58. The summed E-state index contributed by atoms with van der Waals surface area (Å²) in [5.74, 6) is -0.261. The molecule has 1 heterocycles. The Bertz CT molecular complexity index is 513. The van der Waals surface area contributed by atoms with Gasteiger partial charge in [-0.05, 0) is 12.8 Å². The van der Waals surface area contributed by atoms with Crippen molar-refractivity contribution in [1.82, 2.24) is 15.5 Å². The van der Waals surface area contributed by atoms with E-state index in [0.717, 1.165) is 13.0 Å². The Kier molecular flexibility index (Phi) is 6.16. The largest absolute Gasteiger partial charge is 0.360 e. The Hall–Kier alpha value is -1.22. The Morgan fingerprint density at radius 1 is 1.32 bits per heavy atom. The zero-order chi connectivity index (χ0) is 14.3. The van der Waals surface area contributed by atoms with Gasteiger partial charge in [0, 0.05) is 19.3 Å². The number of nitrogens with zero attached hydrogens (tertiary/aromatic N) is 2. The summed E-state index contributed by atoms with van der Waals surface area (Å²) in [6.07, 6.45) is 2.53. The fourth-order valence-electron chi connectivity index (χ4n) is 1.23. The molecule has 7 nitrogen and oxygen atoms in total. The van der Waals surface area contributed by atoms with Crippen molar-refractivity contribution in [3.8, 4) is 0 Å². The molecule has 108 valence electrons. The molecule has 1 rings (SSSR count). The van der Waals surface area contributed by atoms with Crippen LogP contribution in [0.25, 0.3) is 0 Å². The maximum Gasteiger partial charge on any atom is 0.282 e. The number of carbonyl (C=O) groups excluding carboxylic acids is 1. The minimum atomic E-state index is -2.98. The number of hydrogen-bond donors (Lipinski definition) is 2. The molecule has 0 saturated carbocycles. The average molecular weight is 306 g/mol. The Morgan fingerprint density at radius 2 is 2.05 bits per heavy atom. The van der Waals surface area contributed by atoms with E-state index in [1.165, 1.54) is 17.6 Å². The van der Waals surface area contributed by atoms with Crippen molar-refractivity contribution in [2.24, 2.45) is 0 Å². The predicted molar refractivity (Wildman–Crippen MR) is 75.4 cm³/mol. The normalized spacial score (nSPS) is 11.3. The van der Waals surface area contributed by atoms with Crippen molar-refractivity contribution in [3.63, 3.8) is 0 Å². The van der Waals surface area contributed by atoms with Gasteiger partial charge in [0.15, 0.2) is 0 Å². The molecule has 2 N–H and O–H groups in total. The summed E-state index contributed by atoms with van der Waals surface area (Å²) < 4.78 is 21.8. The minimum absolute atomic E-state index is 0.0622. The lowest BCUT2D eigenvalue weighted by Gasteiger charge is -2.01. The molecule has 9 heteroatoms. The van der Waals surface area contributed by atoms with Gasteiger partial charge in [-0.2, -0.15) is 0 Å². The van der Waals surface area contributed by atoms with Crippen LogP contribution in [0.3, 0.4) is 0 Å². The van der Waals surface area contributed by atoms with Crippen LogP contribution in [0.15, 0.2) is 0 Å². The van der Waals surface area contributed by atoms with Crippen molar-refractivity contribution in [3.05, 3.63) is 5.01 Å². The number of amides is 1. The number of hydrogen-bond acceptors (Lipinski definition) is 7. The van der Waals surface area contributed by atoms with E-state index in [2.05, 4.69) is 20.8 Å². The molecule has 0 aliphatic rings. The van der Waals surface area contributed by atoms with Crippen molar-refractivity contribution >= 4 is 32.2 Å². The van der Waals surface area contributed by atoms with Gasteiger partial charge in [0.2, 0.25) is 10.1 Å². The van der Waals surface area contributed by atoms with Gasteiger partial charge in [-0.1, -0.05) is 18.3 Å². The number of carbonyl (C=O) groups is 1. The summed E-state index contributed by atoms with van der Waals surface area (Å²) in [5.41, 5.74) is 0. The molecule has 0 aliphatic carbocycles. The van der Waals surface area contributed by atoms with Crippen molar-refractivity contribution in [1.29, 1.82) is 0 Å². The fraction of sp³-hybridized carbons (Fsp3) is 0.700. The number of aromatic nitrogens is 2. The third-order valence-corrected chi connectivity index (χ3v) is 4.03. The summed E-state index contributed by atoms with van der Waals surface area (Å²) in [4.78, 5) is 11.7. The van der Waals surface area contributed by atoms with Crippen molar-refractivity contribution in [2.75, 3.05) is 30.4 Å². The molecular formula is C10H18N4O3S2. The molecule has 0 aromatic carbocycles. The van der Waals surface area contributed by atoms with Gasteiger partial charge < -0.3 is 10.6 Å². The number of anilines is 1. The standard InChI is InChI=1S/C10H18N4O3S2/c1-3-5-12-10-14-13-9(18-10)8(15)11-6-4-7-19(2,16)17/h3-7H2,1-2H3,(H,11,15)(H,12,14). The SMILES string of the molecule is CCCNc1nnc(C(=O)NCCCS(C)(=O)=O)s1. The highest BCUT2D eigenvalue weighted by Gasteiger charge is 2.12. The molecule has 0 unspecified atom stereocenters. The number of sulfone groups is 1. The van der Waals surface area contributed by atoms with Crippen LogP contribution < -0.4 is 10.6 Å². The van der Waals surface area contributed by atoms with Crippen LogP contribution in [-0.2, 0) is 9.84 Å². The van der Waals surface area contributed by atoms with Crippen molar-refractivity contribution in [2.45, 2.75) is 19.8 Å². The first-order valence-electron chi connectivity index (χ1n) is 5.95. The summed E-state index contributed by atoms with van der Waals surface area (Å²) in [5, 5.41) is 14.2. The van der Waals surface area contributed by atoms with Crippen LogP contribution in [0.1, 0.15) is 29.6 Å². The Morgan fingerprint density at radius 3 is 2.68 bits per heavy atom. The third-order valence-electron chi connectivity index (χ3n) is 2.12. The smallest absolute Gasteiger partial charge is 0.282 e. The van der Waals surface area contributed by atoms with E-state index in [0.29, 0.717) is 18.1 Å². The lowest BCUT2D eigenvalue weighted by molar-refractivity contribution is 0.0952. The molecule has 0 atom stereocenters. The molecule has 0 saturated heterocycles. The van der Waals surface area contributed by atoms with Gasteiger partial charge in [0.1, 0.15) is 9.84 Å².